The van der Waals surface area contributed by atoms with E-state index in [-0.39, 0.29) is 5.75 Å². The van der Waals surface area contributed by atoms with E-state index in [1.165, 1.54) is 0 Å². The van der Waals surface area contributed by atoms with Crippen molar-refractivity contribution in [2.75, 3.05) is 31.9 Å². The van der Waals surface area contributed by atoms with E-state index < -0.39 is 10.1 Å². The zero-order valence-corrected chi connectivity index (χ0v) is 12.2. The van der Waals surface area contributed by atoms with Crippen LogP contribution in [0.25, 0.3) is 0 Å². The molecule has 0 amide bonds. The van der Waals surface area contributed by atoms with Crippen molar-refractivity contribution in [3.05, 3.63) is 0 Å². The predicted octanol–water partition coefficient (Wildman–Crippen LogP) is 0.974. The van der Waals surface area contributed by atoms with Gasteiger partial charge in [-0.1, -0.05) is 13.8 Å². The van der Waals surface area contributed by atoms with Gasteiger partial charge in [-0.25, -0.2) is 0 Å². The third kappa shape index (κ3) is 6.68. The summed E-state index contributed by atoms with van der Waals surface area (Å²) in [5, 5.41) is 3.31. The summed E-state index contributed by atoms with van der Waals surface area (Å²) in [7, 11) is -3.85. The van der Waals surface area contributed by atoms with Gasteiger partial charge in [-0.05, 0) is 44.8 Å². The molecule has 0 radical (unpaired) electrons. The summed E-state index contributed by atoms with van der Waals surface area (Å²) >= 11 is 0. The highest BCUT2D eigenvalue weighted by molar-refractivity contribution is 7.85. The number of piperidine rings is 1. The maximum Gasteiger partial charge on any atom is 0.266 e. The lowest BCUT2D eigenvalue weighted by atomic mass is 10.0. The SMILES string of the molecule is CC(C)CCN(CCS(=O)(=O)O)C1CCNCC1. The number of nitrogens with zero attached hydrogens (tertiary/aromatic N) is 1. The van der Waals surface area contributed by atoms with E-state index >= 15 is 0 Å². The van der Waals surface area contributed by atoms with Gasteiger partial charge in [0.15, 0.2) is 0 Å². The third-order valence-electron chi connectivity index (χ3n) is 3.46. The molecule has 0 aromatic heterocycles. The van der Waals surface area contributed by atoms with Gasteiger partial charge in [-0.15, -0.1) is 0 Å². The van der Waals surface area contributed by atoms with Crippen LogP contribution in [0.1, 0.15) is 33.1 Å². The Morgan fingerprint density at radius 3 is 2.39 bits per heavy atom. The molecule has 0 aliphatic carbocycles. The van der Waals surface area contributed by atoms with Gasteiger partial charge in [-0.2, -0.15) is 8.42 Å². The number of hydrogen-bond acceptors (Lipinski definition) is 4. The molecule has 0 bridgehead atoms. The minimum Gasteiger partial charge on any atom is -0.317 e. The normalized spacial score (nSPS) is 18.7. The molecular weight excluding hydrogens is 252 g/mol. The van der Waals surface area contributed by atoms with Gasteiger partial charge in [-0.3, -0.25) is 9.45 Å². The molecule has 1 fully saturated rings. The molecule has 0 aromatic rings. The molecule has 1 saturated heterocycles. The Bertz CT molecular complexity index is 324. The van der Waals surface area contributed by atoms with E-state index in [2.05, 4.69) is 24.1 Å². The Labute approximate surface area is 111 Å². The summed E-state index contributed by atoms with van der Waals surface area (Å²) in [6, 6.07) is 0.451. The lowest BCUT2D eigenvalue weighted by molar-refractivity contribution is 0.162. The molecule has 108 valence electrons. The molecule has 0 atom stereocenters. The highest BCUT2D eigenvalue weighted by atomic mass is 32.2. The van der Waals surface area contributed by atoms with E-state index in [9.17, 15) is 8.42 Å². The zero-order chi connectivity index (χ0) is 13.6. The van der Waals surface area contributed by atoms with Crippen molar-refractivity contribution in [2.24, 2.45) is 5.92 Å². The van der Waals surface area contributed by atoms with Gasteiger partial charge in [0.2, 0.25) is 0 Å². The van der Waals surface area contributed by atoms with Crippen LogP contribution in [0, 0.1) is 5.92 Å². The molecule has 0 unspecified atom stereocenters. The smallest absolute Gasteiger partial charge is 0.266 e. The van der Waals surface area contributed by atoms with Crippen LogP contribution in [0.5, 0.6) is 0 Å². The van der Waals surface area contributed by atoms with Gasteiger partial charge in [0, 0.05) is 12.6 Å². The van der Waals surface area contributed by atoms with E-state index in [0.29, 0.717) is 18.5 Å². The first-order valence-electron chi connectivity index (χ1n) is 6.78. The second kappa shape index (κ2) is 7.43. The molecular formula is C12H26N2O3S. The summed E-state index contributed by atoms with van der Waals surface area (Å²) in [6.07, 6.45) is 3.18. The Morgan fingerprint density at radius 1 is 1.28 bits per heavy atom. The van der Waals surface area contributed by atoms with Crippen LogP contribution < -0.4 is 5.32 Å². The molecule has 18 heavy (non-hydrogen) atoms. The maximum absolute atomic E-state index is 10.9. The zero-order valence-electron chi connectivity index (χ0n) is 11.4. The molecule has 2 N–H and O–H groups in total. The molecule has 0 spiro atoms. The second-order valence-corrected chi connectivity index (χ2v) is 7.06. The third-order valence-corrected chi connectivity index (χ3v) is 4.15. The molecule has 0 saturated carbocycles. The Balaban J connectivity index is 2.50. The van der Waals surface area contributed by atoms with Crippen molar-refractivity contribution < 1.29 is 13.0 Å². The monoisotopic (exact) mass is 278 g/mol. The predicted molar refractivity (Wildman–Crippen MR) is 73.3 cm³/mol. The first-order valence-corrected chi connectivity index (χ1v) is 8.39. The highest BCUT2D eigenvalue weighted by Crippen LogP contribution is 2.14. The Hall–Kier alpha value is -0.170. The molecule has 0 aromatic carbocycles. The van der Waals surface area contributed by atoms with Gasteiger partial charge in [0.25, 0.3) is 10.1 Å². The average Bonchev–Trinajstić information content (AvgIpc) is 2.28. The van der Waals surface area contributed by atoms with Crippen molar-refractivity contribution in [3.8, 4) is 0 Å². The minimum atomic E-state index is -3.85. The molecule has 1 aliphatic heterocycles. The lowest BCUT2D eigenvalue weighted by Gasteiger charge is -2.34. The lowest BCUT2D eigenvalue weighted by Crippen LogP contribution is -2.45. The second-order valence-electron chi connectivity index (χ2n) is 5.49. The van der Waals surface area contributed by atoms with Crippen LogP contribution in [0.4, 0.5) is 0 Å². The fourth-order valence-electron chi connectivity index (χ4n) is 2.31. The number of nitrogens with one attached hydrogen (secondary N) is 1. The fraction of sp³-hybridized carbons (Fsp3) is 1.00. The van der Waals surface area contributed by atoms with Crippen molar-refractivity contribution in [3.63, 3.8) is 0 Å². The summed E-state index contributed by atoms with van der Waals surface area (Å²) in [6.45, 7) is 7.68. The van der Waals surface area contributed by atoms with Gasteiger partial charge >= 0.3 is 0 Å². The van der Waals surface area contributed by atoms with Crippen molar-refractivity contribution in [1.29, 1.82) is 0 Å². The summed E-state index contributed by atoms with van der Waals surface area (Å²) in [4.78, 5) is 2.23. The molecule has 6 heteroatoms. The molecule has 1 rings (SSSR count). The topological polar surface area (TPSA) is 69.6 Å². The Kier molecular flexibility index (Phi) is 6.55. The fourth-order valence-corrected chi connectivity index (χ4v) is 2.77. The van der Waals surface area contributed by atoms with Gasteiger partial charge in [0.05, 0.1) is 5.75 Å². The van der Waals surface area contributed by atoms with Crippen molar-refractivity contribution in [2.45, 2.75) is 39.2 Å². The van der Waals surface area contributed by atoms with Crippen LogP contribution in [-0.2, 0) is 10.1 Å². The van der Waals surface area contributed by atoms with Crippen molar-refractivity contribution >= 4 is 10.1 Å². The van der Waals surface area contributed by atoms with E-state index in [0.717, 1.165) is 38.9 Å². The first kappa shape index (κ1) is 15.9. The van der Waals surface area contributed by atoms with Crippen LogP contribution in [0.3, 0.4) is 0 Å². The van der Waals surface area contributed by atoms with Crippen LogP contribution in [-0.4, -0.2) is 55.8 Å². The number of hydrogen-bond donors (Lipinski definition) is 2. The maximum atomic E-state index is 10.9. The molecule has 1 aliphatic rings. The summed E-state index contributed by atoms with van der Waals surface area (Å²) in [5.74, 6) is 0.453. The summed E-state index contributed by atoms with van der Waals surface area (Å²) < 4.78 is 30.6. The van der Waals surface area contributed by atoms with Crippen LogP contribution >= 0.6 is 0 Å². The first-order chi connectivity index (χ1) is 8.38. The molecule has 5 nitrogen and oxygen atoms in total. The van der Waals surface area contributed by atoms with E-state index in [4.69, 9.17) is 4.55 Å². The largest absolute Gasteiger partial charge is 0.317 e. The van der Waals surface area contributed by atoms with Gasteiger partial charge in [0.1, 0.15) is 0 Å². The minimum absolute atomic E-state index is 0.158. The van der Waals surface area contributed by atoms with E-state index in [1.54, 1.807) is 0 Å². The molecule has 1 heterocycles. The number of rotatable bonds is 7. The quantitative estimate of drug-likeness (QED) is 0.679. The van der Waals surface area contributed by atoms with Crippen LogP contribution in [0.2, 0.25) is 0 Å². The van der Waals surface area contributed by atoms with Crippen molar-refractivity contribution in [1.82, 2.24) is 10.2 Å². The average molecular weight is 278 g/mol. The highest BCUT2D eigenvalue weighted by Gasteiger charge is 2.22. The van der Waals surface area contributed by atoms with Gasteiger partial charge < -0.3 is 5.32 Å². The van der Waals surface area contributed by atoms with E-state index in [1.807, 2.05) is 0 Å². The Morgan fingerprint density at radius 2 is 1.89 bits per heavy atom. The van der Waals surface area contributed by atoms with Crippen LogP contribution in [0.15, 0.2) is 0 Å². The summed E-state index contributed by atoms with van der Waals surface area (Å²) in [5.41, 5.74) is 0. The standard InChI is InChI=1S/C12H26N2O3S/c1-11(2)5-8-14(9-10-18(15,16)17)12-3-6-13-7-4-12/h11-13H,3-10H2,1-2H3,(H,15,16,17).